The Hall–Kier alpha value is -2.08. The maximum absolute atomic E-state index is 13.1. The van der Waals surface area contributed by atoms with Gasteiger partial charge in [-0.25, -0.2) is 19.3 Å². The Morgan fingerprint density at radius 2 is 1.79 bits per heavy atom. The molecule has 0 aliphatic heterocycles. The van der Waals surface area contributed by atoms with Crippen molar-refractivity contribution in [1.82, 2.24) is 15.0 Å². The van der Waals surface area contributed by atoms with Crippen molar-refractivity contribution >= 4 is 32.6 Å². The lowest BCUT2D eigenvalue weighted by Crippen LogP contribution is -1.99. The number of aryl methyl sites for hydroxylation is 2. The zero-order chi connectivity index (χ0) is 13.4. The molecule has 0 unspecified atom stereocenters. The van der Waals surface area contributed by atoms with E-state index in [9.17, 15) is 4.39 Å². The normalized spacial score (nSPS) is 10.9. The molecule has 1 N–H and O–H groups in total. The average Bonchev–Trinajstić information content (AvgIpc) is 2.68. The molecule has 0 atom stereocenters. The second kappa shape index (κ2) is 4.55. The van der Waals surface area contributed by atoms with Gasteiger partial charge in [0.05, 0.1) is 10.2 Å². The molecule has 0 fully saturated rings. The van der Waals surface area contributed by atoms with E-state index in [1.54, 1.807) is 6.07 Å². The van der Waals surface area contributed by atoms with Crippen molar-refractivity contribution in [3.63, 3.8) is 0 Å². The first-order valence-corrected chi connectivity index (χ1v) is 6.57. The summed E-state index contributed by atoms with van der Waals surface area (Å²) in [4.78, 5) is 12.9. The monoisotopic (exact) mass is 274 g/mol. The number of benzene rings is 1. The number of anilines is 2. The molecule has 0 aliphatic rings. The molecule has 0 saturated carbocycles. The Kier molecular flexibility index (Phi) is 2.87. The van der Waals surface area contributed by atoms with Gasteiger partial charge in [-0.3, -0.25) is 5.32 Å². The SMILES string of the molecule is Cc1cc(C)nc(Nc2nc3ccc(F)cc3s2)n1. The van der Waals surface area contributed by atoms with Crippen LogP contribution >= 0.6 is 11.3 Å². The van der Waals surface area contributed by atoms with Crippen LogP contribution in [-0.2, 0) is 0 Å². The van der Waals surface area contributed by atoms with E-state index in [0.29, 0.717) is 11.1 Å². The van der Waals surface area contributed by atoms with Crippen LogP contribution in [0.1, 0.15) is 11.4 Å². The Labute approximate surface area is 113 Å². The lowest BCUT2D eigenvalue weighted by atomic mass is 10.3. The third-order valence-electron chi connectivity index (χ3n) is 2.55. The number of aromatic nitrogens is 3. The highest BCUT2D eigenvalue weighted by molar-refractivity contribution is 7.22. The molecule has 0 bridgehead atoms. The molecule has 3 rings (SSSR count). The summed E-state index contributed by atoms with van der Waals surface area (Å²) in [5.74, 6) is 0.252. The van der Waals surface area contributed by atoms with E-state index in [-0.39, 0.29) is 5.82 Å². The van der Waals surface area contributed by atoms with E-state index in [1.165, 1.54) is 23.5 Å². The van der Waals surface area contributed by atoms with E-state index in [2.05, 4.69) is 20.3 Å². The van der Waals surface area contributed by atoms with E-state index >= 15 is 0 Å². The fourth-order valence-electron chi connectivity index (χ4n) is 1.83. The van der Waals surface area contributed by atoms with Gasteiger partial charge in [-0.2, -0.15) is 0 Å². The minimum atomic E-state index is -0.259. The molecule has 0 amide bonds. The molecular formula is C13H11FN4S. The molecule has 0 saturated heterocycles. The number of hydrogen-bond donors (Lipinski definition) is 1. The van der Waals surface area contributed by atoms with Gasteiger partial charge in [0, 0.05) is 11.4 Å². The highest BCUT2D eigenvalue weighted by Crippen LogP contribution is 2.27. The number of rotatable bonds is 2. The third-order valence-corrected chi connectivity index (χ3v) is 3.49. The predicted molar refractivity (Wildman–Crippen MR) is 74.4 cm³/mol. The van der Waals surface area contributed by atoms with Crippen molar-refractivity contribution in [1.29, 1.82) is 0 Å². The van der Waals surface area contributed by atoms with Gasteiger partial charge in [0.15, 0.2) is 5.13 Å². The van der Waals surface area contributed by atoms with Crippen LogP contribution in [0.3, 0.4) is 0 Å². The lowest BCUT2D eigenvalue weighted by molar-refractivity contribution is 0.630. The van der Waals surface area contributed by atoms with Crippen LogP contribution in [0.5, 0.6) is 0 Å². The topological polar surface area (TPSA) is 50.7 Å². The third kappa shape index (κ3) is 2.53. The molecule has 2 aromatic heterocycles. The summed E-state index contributed by atoms with van der Waals surface area (Å²) in [6.45, 7) is 3.82. The highest BCUT2D eigenvalue weighted by Gasteiger charge is 2.07. The number of halogens is 1. The van der Waals surface area contributed by atoms with E-state index in [1.807, 2.05) is 19.9 Å². The average molecular weight is 274 g/mol. The van der Waals surface area contributed by atoms with Crippen LogP contribution in [0.4, 0.5) is 15.5 Å². The summed E-state index contributed by atoms with van der Waals surface area (Å²) < 4.78 is 13.9. The van der Waals surface area contributed by atoms with Gasteiger partial charge in [0.1, 0.15) is 5.82 Å². The van der Waals surface area contributed by atoms with Crippen molar-refractivity contribution in [3.05, 3.63) is 41.5 Å². The van der Waals surface area contributed by atoms with Gasteiger partial charge in [-0.15, -0.1) is 0 Å². The number of hydrogen-bond acceptors (Lipinski definition) is 5. The first-order chi connectivity index (χ1) is 9.10. The van der Waals surface area contributed by atoms with Gasteiger partial charge in [-0.1, -0.05) is 11.3 Å². The fraction of sp³-hybridized carbons (Fsp3) is 0.154. The number of nitrogens with zero attached hydrogens (tertiary/aromatic N) is 3. The van der Waals surface area contributed by atoms with Crippen molar-refractivity contribution in [3.8, 4) is 0 Å². The Balaban J connectivity index is 1.96. The molecule has 4 nitrogen and oxygen atoms in total. The summed E-state index contributed by atoms with van der Waals surface area (Å²) in [6.07, 6.45) is 0. The molecule has 19 heavy (non-hydrogen) atoms. The first-order valence-electron chi connectivity index (χ1n) is 5.75. The second-order valence-electron chi connectivity index (χ2n) is 4.23. The largest absolute Gasteiger partial charge is 0.300 e. The Morgan fingerprint density at radius 1 is 1.05 bits per heavy atom. The summed E-state index contributed by atoms with van der Waals surface area (Å²) in [5, 5.41) is 3.72. The zero-order valence-electron chi connectivity index (χ0n) is 10.4. The zero-order valence-corrected chi connectivity index (χ0v) is 11.3. The van der Waals surface area contributed by atoms with Crippen LogP contribution < -0.4 is 5.32 Å². The minimum absolute atomic E-state index is 0.259. The van der Waals surface area contributed by atoms with E-state index < -0.39 is 0 Å². The predicted octanol–water partition coefficient (Wildman–Crippen LogP) is 3.59. The maximum atomic E-state index is 13.1. The summed E-state index contributed by atoms with van der Waals surface area (Å²) in [5.41, 5.74) is 2.54. The van der Waals surface area contributed by atoms with Crippen LogP contribution in [0, 0.1) is 19.7 Å². The summed E-state index contributed by atoms with van der Waals surface area (Å²) in [7, 11) is 0. The van der Waals surface area contributed by atoms with E-state index in [4.69, 9.17) is 0 Å². The van der Waals surface area contributed by atoms with E-state index in [0.717, 1.165) is 21.6 Å². The van der Waals surface area contributed by atoms with Gasteiger partial charge in [0.2, 0.25) is 5.95 Å². The molecular weight excluding hydrogens is 263 g/mol. The molecule has 96 valence electrons. The lowest BCUT2D eigenvalue weighted by Gasteiger charge is -2.02. The van der Waals surface area contributed by atoms with Gasteiger partial charge in [-0.05, 0) is 38.1 Å². The Morgan fingerprint density at radius 3 is 2.53 bits per heavy atom. The smallest absolute Gasteiger partial charge is 0.229 e. The molecule has 2 heterocycles. The minimum Gasteiger partial charge on any atom is -0.300 e. The maximum Gasteiger partial charge on any atom is 0.229 e. The van der Waals surface area contributed by atoms with Crippen LogP contribution in [0.15, 0.2) is 24.3 Å². The molecule has 6 heteroatoms. The summed E-state index contributed by atoms with van der Waals surface area (Å²) >= 11 is 1.38. The molecule has 0 aliphatic carbocycles. The molecule has 0 spiro atoms. The van der Waals surface area contributed by atoms with Crippen LogP contribution in [0.2, 0.25) is 0 Å². The number of fused-ring (bicyclic) bond motifs is 1. The standard InChI is InChI=1S/C13H11FN4S/c1-7-5-8(2)16-12(15-7)18-13-17-10-4-3-9(14)6-11(10)19-13/h3-6H,1-2H3,(H,15,16,17,18). The highest BCUT2D eigenvalue weighted by atomic mass is 32.1. The van der Waals surface area contributed by atoms with Crippen molar-refractivity contribution in [2.45, 2.75) is 13.8 Å². The van der Waals surface area contributed by atoms with Crippen molar-refractivity contribution < 1.29 is 4.39 Å². The van der Waals surface area contributed by atoms with Gasteiger partial charge >= 0.3 is 0 Å². The molecule has 1 aromatic carbocycles. The molecule has 0 radical (unpaired) electrons. The van der Waals surface area contributed by atoms with Crippen molar-refractivity contribution in [2.75, 3.05) is 5.32 Å². The van der Waals surface area contributed by atoms with Gasteiger partial charge in [0.25, 0.3) is 0 Å². The second-order valence-corrected chi connectivity index (χ2v) is 5.26. The Bertz CT molecular complexity index is 733. The van der Waals surface area contributed by atoms with Gasteiger partial charge < -0.3 is 0 Å². The summed E-state index contributed by atoms with van der Waals surface area (Å²) in [6, 6.07) is 6.44. The quantitative estimate of drug-likeness (QED) is 0.776. The number of thiazole rings is 1. The first kappa shape index (κ1) is 12.0. The van der Waals surface area contributed by atoms with Crippen LogP contribution in [0.25, 0.3) is 10.2 Å². The number of nitrogens with one attached hydrogen (secondary N) is 1. The van der Waals surface area contributed by atoms with Crippen LogP contribution in [-0.4, -0.2) is 15.0 Å². The molecule has 3 aromatic rings. The van der Waals surface area contributed by atoms with Crippen molar-refractivity contribution in [2.24, 2.45) is 0 Å². The fourth-order valence-corrected chi connectivity index (χ4v) is 2.71.